The van der Waals surface area contributed by atoms with Gasteiger partial charge in [-0.1, -0.05) is 55.7 Å². The minimum atomic E-state index is -0.715. The van der Waals surface area contributed by atoms with Crippen LogP contribution in [0.5, 0.6) is 5.75 Å². The van der Waals surface area contributed by atoms with Gasteiger partial charge in [0.25, 0.3) is 0 Å². The highest BCUT2D eigenvalue weighted by Crippen LogP contribution is 2.41. The van der Waals surface area contributed by atoms with Gasteiger partial charge in [-0.15, -0.1) is 0 Å². The maximum atomic E-state index is 12.5. The largest absolute Gasteiger partial charge is 0.497 e. The molecule has 196 valence electrons. The maximum Gasteiger partial charge on any atom is 0.410 e. The summed E-state index contributed by atoms with van der Waals surface area (Å²) in [5.41, 5.74) is 2.21. The van der Waals surface area contributed by atoms with Crippen LogP contribution in [-0.2, 0) is 4.74 Å². The van der Waals surface area contributed by atoms with Crippen molar-refractivity contribution in [3.05, 3.63) is 54.1 Å². The molecule has 4 rings (SSSR count). The second kappa shape index (κ2) is 11.2. The molecule has 36 heavy (non-hydrogen) atoms. The average Bonchev–Trinajstić information content (AvgIpc) is 2.87. The number of aliphatic hydroxyl groups is 1. The number of nitrogens with zero attached hydrogens (tertiary/aromatic N) is 2. The third-order valence-corrected chi connectivity index (χ3v) is 7.52. The Balaban J connectivity index is 1.53. The number of ether oxygens (including phenoxy) is 2. The number of benzene rings is 2. The van der Waals surface area contributed by atoms with Crippen LogP contribution in [0.4, 0.5) is 4.79 Å². The van der Waals surface area contributed by atoms with Gasteiger partial charge in [0.2, 0.25) is 0 Å². The molecule has 2 aliphatic rings. The fraction of sp³-hybridized carbons (Fsp3) is 0.567. The van der Waals surface area contributed by atoms with Crippen molar-refractivity contribution in [3.8, 4) is 16.9 Å². The van der Waals surface area contributed by atoms with E-state index in [2.05, 4.69) is 41.3 Å². The van der Waals surface area contributed by atoms with E-state index in [0.717, 1.165) is 62.2 Å². The molecule has 2 aromatic carbocycles. The van der Waals surface area contributed by atoms with E-state index in [0.29, 0.717) is 13.1 Å². The Labute approximate surface area is 216 Å². The molecule has 1 saturated carbocycles. The van der Waals surface area contributed by atoms with E-state index in [1.54, 1.807) is 12.0 Å². The van der Waals surface area contributed by atoms with Crippen LogP contribution in [0, 0.1) is 0 Å². The first-order valence-electron chi connectivity index (χ1n) is 13.3. The highest BCUT2D eigenvalue weighted by molar-refractivity contribution is 5.68. The third kappa shape index (κ3) is 6.60. The predicted molar refractivity (Wildman–Crippen MR) is 143 cm³/mol. The molecule has 1 amide bonds. The van der Waals surface area contributed by atoms with Gasteiger partial charge in [0.1, 0.15) is 11.4 Å². The van der Waals surface area contributed by atoms with Gasteiger partial charge in [0.05, 0.1) is 12.7 Å². The fourth-order valence-electron chi connectivity index (χ4n) is 5.53. The summed E-state index contributed by atoms with van der Waals surface area (Å²) in [7, 11) is 1.69. The van der Waals surface area contributed by atoms with Crippen molar-refractivity contribution in [3.63, 3.8) is 0 Å². The van der Waals surface area contributed by atoms with Crippen molar-refractivity contribution in [2.75, 3.05) is 39.8 Å². The SMILES string of the molecule is COc1cccc(-c2cccc(C(CN3CCN(C(=O)OC(C)(C)C)CC3)C3(O)CCCCC3)c2)c1. The molecule has 2 aromatic rings. The highest BCUT2D eigenvalue weighted by atomic mass is 16.6. The maximum absolute atomic E-state index is 12.5. The summed E-state index contributed by atoms with van der Waals surface area (Å²) in [6.45, 7) is 9.32. The lowest BCUT2D eigenvalue weighted by Crippen LogP contribution is -2.52. The Morgan fingerprint density at radius 2 is 1.61 bits per heavy atom. The number of rotatable bonds is 6. The molecule has 1 aliphatic heterocycles. The zero-order valence-corrected chi connectivity index (χ0v) is 22.3. The number of carbonyl (C=O) groups is 1. The van der Waals surface area contributed by atoms with Gasteiger partial charge in [-0.3, -0.25) is 4.90 Å². The van der Waals surface area contributed by atoms with E-state index in [9.17, 15) is 9.90 Å². The summed E-state index contributed by atoms with van der Waals surface area (Å²) in [6.07, 6.45) is 4.74. The molecule has 6 nitrogen and oxygen atoms in total. The van der Waals surface area contributed by atoms with Gasteiger partial charge >= 0.3 is 6.09 Å². The summed E-state index contributed by atoms with van der Waals surface area (Å²) >= 11 is 0. The van der Waals surface area contributed by atoms with Gasteiger partial charge in [0, 0.05) is 38.6 Å². The van der Waals surface area contributed by atoms with Crippen molar-refractivity contribution in [2.45, 2.75) is 70.0 Å². The van der Waals surface area contributed by atoms with Crippen LogP contribution < -0.4 is 4.74 Å². The molecule has 2 fully saturated rings. The lowest BCUT2D eigenvalue weighted by atomic mass is 9.72. The van der Waals surface area contributed by atoms with Crippen molar-refractivity contribution in [2.24, 2.45) is 0 Å². The summed E-state index contributed by atoms with van der Waals surface area (Å²) < 4.78 is 11.0. The molecule has 0 aromatic heterocycles. The zero-order chi connectivity index (χ0) is 25.8. The molecular formula is C30H42N2O4. The van der Waals surface area contributed by atoms with Crippen molar-refractivity contribution in [1.29, 1.82) is 0 Å². The highest BCUT2D eigenvalue weighted by Gasteiger charge is 2.40. The van der Waals surface area contributed by atoms with Crippen LogP contribution in [0.2, 0.25) is 0 Å². The van der Waals surface area contributed by atoms with Crippen LogP contribution in [0.15, 0.2) is 48.5 Å². The van der Waals surface area contributed by atoms with E-state index in [4.69, 9.17) is 9.47 Å². The molecule has 0 bridgehead atoms. The van der Waals surface area contributed by atoms with Crippen molar-refractivity contribution in [1.82, 2.24) is 9.80 Å². The second-order valence-electron chi connectivity index (χ2n) is 11.3. The van der Waals surface area contributed by atoms with E-state index < -0.39 is 11.2 Å². The van der Waals surface area contributed by atoms with Crippen LogP contribution in [0.25, 0.3) is 11.1 Å². The first-order chi connectivity index (χ1) is 17.2. The van der Waals surface area contributed by atoms with Crippen LogP contribution in [-0.4, -0.2) is 72.0 Å². The Kier molecular flexibility index (Phi) is 8.26. The molecule has 1 N–H and O–H groups in total. The second-order valence-corrected chi connectivity index (χ2v) is 11.3. The normalized spacial score (nSPS) is 19.5. The molecule has 1 saturated heterocycles. The Morgan fingerprint density at radius 1 is 0.972 bits per heavy atom. The first-order valence-corrected chi connectivity index (χ1v) is 13.3. The number of hydrogen-bond acceptors (Lipinski definition) is 5. The van der Waals surface area contributed by atoms with Gasteiger partial charge in [-0.05, 0) is 62.4 Å². The lowest BCUT2D eigenvalue weighted by Gasteiger charge is -2.43. The Bertz CT molecular complexity index is 1020. The molecule has 0 radical (unpaired) electrons. The number of amides is 1. The topological polar surface area (TPSA) is 62.2 Å². The van der Waals surface area contributed by atoms with Crippen LogP contribution >= 0.6 is 0 Å². The summed E-state index contributed by atoms with van der Waals surface area (Å²) in [6, 6.07) is 16.8. The van der Waals surface area contributed by atoms with E-state index in [-0.39, 0.29) is 12.0 Å². The third-order valence-electron chi connectivity index (χ3n) is 7.52. The van der Waals surface area contributed by atoms with Gasteiger partial charge in [0.15, 0.2) is 0 Å². The molecule has 1 heterocycles. The molecular weight excluding hydrogens is 452 g/mol. The van der Waals surface area contributed by atoms with Crippen molar-refractivity contribution < 1.29 is 19.4 Å². The molecule has 0 spiro atoms. The quantitative estimate of drug-likeness (QED) is 0.559. The van der Waals surface area contributed by atoms with Gasteiger partial charge in [-0.2, -0.15) is 0 Å². The summed E-state index contributed by atoms with van der Waals surface area (Å²) in [4.78, 5) is 16.7. The smallest absolute Gasteiger partial charge is 0.410 e. The number of piperazine rings is 1. The van der Waals surface area contributed by atoms with E-state index in [1.807, 2.05) is 32.9 Å². The zero-order valence-electron chi connectivity index (χ0n) is 22.3. The number of methoxy groups -OCH3 is 1. The standard InChI is InChI=1S/C30H42N2O4/c1-29(2,3)36-28(33)32-18-16-31(17-19-32)22-27(30(34)14-6-5-7-15-30)25-12-8-10-23(20-25)24-11-9-13-26(21-24)35-4/h8-13,20-21,27,34H,5-7,14-19,22H2,1-4H3. The Hall–Kier alpha value is -2.57. The average molecular weight is 495 g/mol. The number of carbonyl (C=O) groups excluding carboxylic acids is 1. The summed E-state index contributed by atoms with van der Waals surface area (Å²) in [5, 5.41) is 11.9. The first kappa shape index (κ1) is 26.5. The number of hydrogen-bond donors (Lipinski definition) is 1. The monoisotopic (exact) mass is 494 g/mol. The Morgan fingerprint density at radius 3 is 2.25 bits per heavy atom. The lowest BCUT2D eigenvalue weighted by molar-refractivity contribution is -0.0356. The minimum Gasteiger partial charge on any atom is -0.497 e. The van der Waals surface area contributed by atoms with E-state index in [1.165, 1.54) is 12.0 Å². The van der Waals surface area contributed by atoms with Gasteiger partial charge < -0.3 is 19.5 Å². The van der Waals surface area contributed by atoms with Gasteiger partial charge in [-0.25, -0.2) is 4.79 Å². The predicted octanol–water partition coefficient (Wildman–Crippen LogP) is 5.69. The molecule has 1 atom stereocenters. The van der Waals surface area contributed by atoms with Crippen LogP contribution in [0.3, 0.4) is 0 Å². The summed E-state index contributed by atoms with van der Waals surface area (Å²) in [5.74, 6) is 0.847. The van der Waals surface area contributed by atoms with Crippen molar-refractivity contribution >= 4 is 6.09 Å². The molecule has 1 aliphatic carbocycles. The van der Waals surface area contributed by atoms with Crippen LogP contribution in [0.1, 0.15) is 64.4 Å². The fourth-order valence-corrected chi connectivity index (χ4v) is 5.53. The molecule has 1 unspecified atom stereocenters. The van der Waals surface area contributed by atoms with E-state index >= 15 is 0 Å². The molecule has 6 heteroatoms. The minimum absolute atomic E-state index is 0.0106.